The number of amides is 1. The molecule has 0 atom stereocenters. The molecule has 1 aliphatic carbocycles. The van der Waals surface area contributed by atoms with Crippen molar-refractivity contribution in [3.05, 3.63) is 0 Å². The summed E-state index contributed by atoms with van der Waals surface area (Å²) >= 11 is 0. The van der Waals surface area contributed by atoms with Gasteiger partial charge in [-0.2, -0.15) is 0 Å². The average Bonchev–Trinajstić information content (AvgIpc) is 2.25. The molecular weight excluding hydrogens is 214 g/mol. The highest BCUT2D eigenvalue weighted by molar-refractivity contribution is 5.76. The number of carbonyl (C=O) groups excluding carboxylic acids is 1. The van der Waals surface area contributed by atoms with Gasteiger partial charge >= 0.3 is 0 Å². The van der Waals surface area contributed by atoms with Crippen LogP contribution in [0.5, 0.6) is 0 Å². The van der Waals surface area contributed by atoms with E-state index in [-0.39, 0.29) is 17.4 Å². The van der Waals surface area contributed by atoms with Gasteiger partial charge in [-0.05, 0) is 37.5 Å². The lowest BCUT2D eigenvalue weighted by Gasteiger charge is -2.33. The van der Waals surface area contributed by atoms with Crippen molar-refractivity contribution < 1.29 is 9.90 Å². The molecule has 1 rings (SSSR count). The molecule has 0 aromatic carbocycles. The Morgan fingerprint density at radius 1 is 1.24 bits per heavy atom. The minimum absolute atomic E-state index is 0.149. The second-order valence-electron chi connectivity index (χ2n) is 6.53. The van der Waals surface area contributed by atoms with Gasteiger partial charge in [-0.3, -0.25) is 4.79 Å². The number of nitrogens with zero attached hydrogens (tertiary/aromatic N) is 1. The van der Waals surface area contributed by atoms with E-state index >= 15 is 0 Å². The third kappa shape index (κ3) is 5.07. The lowest BCUT2D eigenvalue weighted by Crippen LogP contribution is -2.40. The molecule has 3 nitrogen and oxygen atoms in total. The van der Waals surface area contributed by atoms with Crippen LogP contribution in [0.1, 0.15) is 59.3 Å². The second kappa shape index (κ2) is 5.85. The summed E-state index contributed by atoms with van der Waals surface area (Å²) in [5, 5.41) is 9.45. The van der Waals surface area contributed by atoms with E-state index in [2.05, 4.69) is 20.8 Å². The first-order chi connectivity index (χ1) is 7.79. The number of rotatable bonds is 3. The highest BCUT2D eigenvalue weighted by Crippen LogP contribution is 2.25. The van der Waals surface area contributed by atoms with Crippen molar-refractivity contribution in [1.29, 1.82) is 0 Å². The number of carbonyl (C=O) groups is 1. The van der Waals surface area contributed by atoms with Gasteiger partial charge in [-0.15, -0.1) is 0 Å². The highest BCUT2D eigenvalue weighted by Gasteiger charge is 2.25. The molecule has 0 bridgehead atoms. The normalized spacial score (nSPS) is 25.7. The van der Waals surface area contributed by atoms with Gasteiger partial charge in [0.25, 0.3) is 0 Å². The Hall–Kier alpha value is -0.570. The van der Waals surface area contributed by atoms with Crippen LogP contribution in [-0.4, -0.2) is 35.1 Å². The van der Waals surface area contributed by atoms with Crippen LogP contribution >= 0.6 is 0 Å². The summed E-state index contributed by atoms with van der Waals surface area (Å²) < 4.78 is 0. The van der Waals surface area contributed by atoms with Crippen LogP contribution in [0.2, 0.25) is 0 Å². The summed E-state index contributed by atoms with van der Waals surface area (Å²) in [6, 6.07) is 0.339. The predicted molar refractivity (Wildman–Crippen MR) is 69.7 cm³/mol. The Kier molecular flexibility index (Phi) is 4.99. The lowest BCUT2D eigenvalue weighted by atomic mass is 9.89. The van der Waals surface area contributed by atoms with Gasteiger partial charge in [0.1, 0.15) is 0 Å². The smallest absolute Gasteiger partial charge is 0.222 e. The zero-order valence-electron chi connectivity index (χ0n) is 11.7. The number of hydrogen-bond acceptors (Lipinski definition) is 2. The number of aliphatic hydroxyl groups is 1. The molecule has 0 aliphatic heterocycles. The molecule has 1 saturated carbocycles. The molecule has 100 valence electrons. The molecular formula is C14H27NO2. The molecule has 1 N–H and O–H groups in total. The Bertz CT molecular complexity index is 249. The molecule has 0 heterocycles. The molecule has 1 amide bonds. The Balaban J connectivity index is 2.36. The summed E-state index contributed by atoms with van der Waals surface area (Å²) in [5.74, 6) is 0.251. The molecule has 0 radical (unpaired) electrons. The third-order valence-electron chi connectivity index (χ3n) is 3.70. The van der Waals surface area contributed by atoms with E-state index in [0.29, 0.717) is 12.5 Å². The summed E-state index contributed by atoms with van der Waals surface area (Å²) in [7, 11) is 1.91. The zero-order valence-corrected chi connectivity index (χ0v) is 11.7. The average molecular weight is 241 g/mol. The molecule has 0 unspecified atom stereocenters. The van der Waals surface area contributed by atoms with Crippen molar-refractivity contribution in [1.82, 2.24) is 4.90 Å². The van der Waals surface area contributed by atoms with Crippen molar-refractivity contribution in [2.24, 2.45) is 5.41 Å². The van der Waals surface area contributed by atoms with E-state index in [0.717, 1.165) is 32.1 Å². The van der Waals surface area contributed by atoms with Gasteiger partial charge < -0.3 is 10.0 Å². The van der Waals surface area contributed by atoms with Crippen molar-refractivity contribution in [2.45, 2.75) is 71.4 Å². The molecule has 3 heteroatoms. The zero-order chi connectivity index (χ0) is 13.1. The van der Waals surface area contributed by atoms with E-state index < -0.39 is 0 Å². The van der Waals surface area contributed by atoms with Crippen LogP contribution in [0.4, 0.5) is 0 Å². The first-order valence-electron chi connectivity index (χ1n) is 6.73. The second-order valence-corrected chi connectivity index (χ2v) is 6.53. The molecule has 1 aliphatic rings. The summed E-state index contributed by atoms with van der Waals surface area (Å²) in [4.78, 5) is 13.9. The van der Waals surface area contributed by atoms with Gasteiger partial charge in [0.2, 0.25) is 5.91 Å². The van der Waals surface area contributed by atoms with Crippen molar-refractivity contribution in [3.8, 4) is 0 Å². The molecule has 1 fully saturated rings. The van der Waals surface area contributed by atoms with Gasteiger partial charge in [0.05, 0.1) is 6.10 Å². The maximum Gasteiger partial charge on any atom is 0.222 e. The number of aliphatic hydroxyl groups excluding tert-OH is 1. The van der Waals surface area contributed by atoms with Crippen LogP contribution in [-0.2, 0) is 4.79 Å². The first-order valence-corrected chi connectivity index (χ1v) is 6.73. The lowest BCUT2D eigenvalue weighted by molar-refractivity contribution is -0.133. The van der Waals surface area contributed by atoms with Crippen LogP contribution in [0.3, 0.4) is 0 Å². The summed E-state index contributed by atoms with van der Waals surface area (Å²) in [6.45, 7) is 6.49. The van der Waals surface area contributed by atoms with Crippen LogP contribution in [0.25, 0.3) is 0 Å². The molecule has 0 aromatic heterocycles. The Morgan fingerprint density at radius 2 is 1.76 bits per heavy atom. The molecule has 0 aromatic rings. The van der Waals surface area contributed by atoms with Crippen molar-refractivity contribution in [3.63, 3.8) is 0 Å². The Labute approximate surface area is 105 Å². The largest absolute Gasteiger partial charge is 0.393 e. The van der Waals surface area contributed by atoms with E-state index in [4.69, 9.17) is 0 Å². The van der Waals surface area contributed by atoms with Crippen LogP contribution in [0, 0.1) is 5.41 Å². The van der Waals surface area contributed by atoms with E-state index in [9.17, 15) is 9.90 Å². The standard InChI is InChI=1S/C14H27NO2/c1-14(2,3)10-9-13(17)15(4)11-5-7-12(16)8-6-11/h11-12,16H,5-10H2,1-4H3. The molecule has 17 heavy (non-hydrogen) atoms. The van der Waals surface area contributed by atoms with E-state index in [1.54, 1.807) is 0 Å². The monoisotopic (exact) mass is 241 g/mol. The SMILES string of the molecule is CN(C(=O)CCC(C)(C)C)C1CCC(O)CC1. The van der Waals surface area contributed by atoms with Gasteiger partial charge in [0.15, 0.2) is 0 Å². The quantitative estimate of drug-likeness (QED) is 0.825. The molecule has 0 spiro atoms. The minimum atomic E-state index is -0.149. The van der Waals surface area contributed by atoms with E-state index in [1.807, 2.05) is 11.9 Å². The maximum absolute atomic E-state index is 12.0. The fourth-order valence-electron chi connectivity index (χ4n) is 2.31. The molecule has 0 saturated heterocycles. The van der Waals surface area contributed by atoms with Crippen molar-refractivity contribution in [2.75, 3.05) is 7.05 Å². The predicted octanol–water partition coefficient (Wildman–Crippen LogP) is 2.57. The fourth-order valence-corrected chi connectivity index (χ4v) is 2.31. The van der Waals surface area contributed by atoms with Crippen LogP contribution in [0.15, 0.2) is 0 Å². The fraction of sp³-hybridized carbons (Fsp3) is 0.929. The maximum atomic E-state index is 12.0. The number of hydrogen-bond donors (Lipinski definition) is 1. The third-order valence-corrected chi connectivity index (χ3v) is 3.70. The topological polar surface area (TPSA) is 40.5 Å². The van der Waals surface area contributed by atoms with Gasteiger partial charge in [-0.25, -0.2) is 0 Å². The Morgan fingerprint density at radius 3 is 2.24 bits per heavy atom. The first kappa shape index (κ1) is 14.5. The van der Waals surface area contributed by atoms with Gasteiger partial charge in [-0.1, -0.05) is 20.8 Å². The highest BCUT2D eigenvalue weighted by atomic mass is 16.3. The van der Waals surface area contributed by atoms with Crippen molar-refractivity contribution >= 4 is 5.91 Å². The minimum Gasteiger partial charge on any atom is -0.393 e. The summed E-state index contributed by atoms with van der Waals surface area (Å²) in [5.41, 5.74) is 0.221. The van der Waals surface area contributed by atoms with Crippen LogP contribution < -0.4 is 0 Å². The van der Waals surface area contributed by atoms with Gasteiger partial charge in [0, 0.05) is 19.5 Å². The van der Waals surface area contributed by atoms with E-state index in [1.165, 1.54) is 0 Å². The summed E-state index contributed by atoms with van der Waals surface area (Å²) in [6.07, 6.45) is 4.98.